The van der Waals surface area contributed by atoms with Crippen molar-refractivity contribution >= 4 is 5.97 Å². The van der Waals surface area contributed by atoms with Crippen molar-refractivity contribution in [3.05, 3.63) is 35.9 Å². The summed E-state index contributed by atoms with van der Waals surface area (Å²) in [6.07, 6.45) is -1.46. The van der Waals surface area contributed by atoms with Crippen LogP contribution in [0.3, 0.4) is 0 Å². The Bertz CT molecular complexity index is 587. The number of ether oxygens (including phenoxy) is 5. The third kappa shape index (κ3) is 4.20. The molecule has 0 aromatic heterocycles. The number of carbonyl (C=O) groups is 1. The molecule has 1 aromatic rings. The Morgan fingerprint density at radius 3 is 2.60 bits per heavy atom. The Balaban J connectivity index is 1.75. The Morgan fingerprint density at radius 2 is 1.96 bits per heavy atom. The Morgan fingerprint density at radius 1 is 1.24 bits per heavy atom. The number of rotatable bonds is 6. The molecule has 0 amide bonds. The van der Waals surface area contributed by atoms with E-state index in [1.807, 2.05) is 51.1 Å². The Hall–Kier alpha value is -1.47. The lowest BCUT2D eigenvalue weighted by molar-refractivity contribution is -0.233. The summed E-state index contributed by atoms with van der Waals surface area (Å²) in [4.78, 5) is 11.4. The zero-order chi connectivity index (χ0) is 18.0. The van der Waals surface area contributed by atoms with Gasteiger partial charge in [-0.2, -0.15) is 0 Å². The average Bonchev–Trinajstić information content (AvgIpc) is 3.03. The van der Waals surface area contributed by atoms with E-state index in [0.29, 0.717) is 13.0 Å². The van der Waals surface area contributed by atoms with Gasteiger partial charge in [-0.25, -0.2) is 0 Å². The fourth-order valence-electron chi connectivity index (χ4n) is 3.36. The first kappa shape index (κ1) is 18.3. The molecule has 2 aliphatic heterocycles. The quantitative estimate of drug-likeness (QED) is 0.735. The second-order valence-electron chi connectivity index (χ2n) is 6.89. The minimum Gasteiger partial charge on any atom is -0.460 e. The van der Waals surface area contributed by atoms with Crippen molar-refractivity contribution in [2.75, 3.05) is 0 Å². The van der Waals surface area contributed by atoms with Crippen LogP contribution in [0.15, 0.2) is 30.3 Å². The summed E-state index contributed by atoms with van der Waals surface area (Å²) in [5, 5.41) is 0. The van der Waals surface area contributed by atoms with Crippen LogP contribution in [0.4, 0.5) is 0 Å². The van der Waals surface area contributed by atoms with Crippen molar-refractivity contribution < 1.29 is 28.5 Å². The van der Waals surface area contributed by atoms with Gasteiger partial charge in [-0.15, -0.1) is 0 Å². The number of benzene rings is 1. The van der Waals surface area contributed by atoms with Crippen LogP contribution in [0.2, 0.25) is 0 Å². The highest BCUT2D eigenvalue weighted by Gasteiger charge is 2.57. The van der Waals surface area contributed by atoms with Crippen LogP contribution < -0.4 is 0 Å². The van der Waals surface area contributed by atoms with Crippen LogP contribution in [-0.4, -0.2) is 42.5 Å². The monoisotopic (exact) mass is 350 g/mol. The van der Waals surface area contributed by atoms with Gasteiger partial charge in [0.15, 0.2) is 12.1 Å². The van der Waals surface area contributed by atoms with Crippen molar-refractivity contribution in [3.8, 4) is 0 Å². The third-order valence-corrected chi connectivity index (χ3v) is 4.40. The highest BCUT2D eigenvalue weighted by atomic mass is 16.8. The maximum atomic E-state index is 11.4. The number of hydrogen-bond donors (Lipinski definition) is 0. The van der Waals surface area contributed by atoms with Gasteiger partial charge in [-0.05, 0) is 25.8 Å². The Kier molecular flexibility index (Phi) is 5.43. The van der Waals surface area contributed by atoms with Gasteiger partial charge < -0.3 is 23.7 Å². The molecule has 0 spiro atoms. The molecule has 2 saturated heterocycles. The summed E-state index contributed by atoms with van der Waals surface area (Å²) in [6.45, 7) is 7.47. The van der Waals surface area contributed by atoms with Crippen LogP contribution in [-0.2, 0) is 35.1 Å². The first-order valence-electron chi connectivity index (χ1n) is 8.73. The van der Waals surface area contributed by atoms with E-state index in [0.717, 1.165) is 5.56 Å². The number of fused-ring (bicyclic) bond motifs is 1. The highest BCUT2D eigenvalue weighted by molar-refractivity contribution is 5.66. The average molecular weight is 350 g/mol. The molecule has 6 heteroatoms. The summed E-state index contributed by atoms with van der Waals surface area (Å²) >= 11 is 0. The van der Waals surface area contributed by atoms with E-state index >= 15 is 0 Å². The molecule has 2 fully saturated rings. The molecular weight excluding hydrogens is 324 g/mol. The van der Waals surface area contributed by atoms with Crippen molar-refractivity contribution in [3.63, 3.8) is 0 Å². The van der Waals surface area contributed by atoms with E-state index < -0.39 is 24.3 Å². The number of carbonyl (C=O) groups excluding carboxylic acids is 1. The van der Waals surface area contributed by atoms with E-state index in [9.17, 15) is 4.79 Å². The Labute approximate surface area is 148 Å². The summed E-state index contributed by atoms with van der Waals surface area (Å²) in [7, 11) is 0. The maximum absolute atomic E-state index is 11.4. The predicted octanol–water partition coefficient (Wildman–Crippen LogP) is 2.79. The molecule has 0 radical (unpaired) electrons. The summed E-state index contributed by atoms with van der Waals surface area (Å²) in [6, 6.07) is 9.90. The van der Waals surface area contributed by atoms with Crippen LogP contribution in [0.1, 0.15) is 39.7 Å². The van der Waals surface area contributed by atoms with E-state index in [2.05, 4.69) is 0 Å². The van der Waals surface area contributed by atoms with Crippen LogP contribution >= 0.6 is 0 Å². The smallest absolute Gasteiger partial charge is 0.302 e. The van der Waals surface area contributed by atoms with Crippen molar-refractivity contribution in [1.29, 1.82) is 0 Å². The molecule has 0 saturated carbocycles. The predicted molar refractivity (Wildman–Crippen MR) is 89.6 cm³/mol. The molecule has 25 heavy (non-hydrogen) atoms. The number of esters is 1. The van der Waals surface area contributed by atoms with Crippen molar-refractivity contribution in [2.24, 2.45) is 0 Å². The van der Waals surface area contributed by atoms with Gasteiger partial charge >= 0.3 is 5.97 Å². The lowest BCUT2D eigenvalue weighted by Gasteiger charge is -2.30. The van der Waals surface area contributed by atoms with Crippen molar-refractivity contribution in [1.82, 2.24) is 0 Å². The third-order valence-electron chi connectivity index (χ3n) is 4.40. The lowest BCUT2D eigenvalue weighted by Crippen LogP contribution is -2.44. The van der Waals surface area contributed by atoms with Crippen molar-refractivity contribution in [2.45, 2.75) is 77.2 Å². The normalized spacial score (nSPS) is 31.5. The zero-order valence-corrected chi connectivity index (χ0v) is 15.1. The van der Waals surface area contributed by atoms with Gasteiger partial charge in [0, 0.05) is 6.92 Å². The molecule has 3 unspecified atom stereocenters. The lowest BCUT2D eigenvalue weighted by atomic mass is 10.0. The van der Waals surface area contributed by atoms with Crippen LogP contribution in [0.25, 0.3) is 0 Å². The summed E-state index contributed by atoms with van der Waals surface area (Å²) < 4.78 is 29.4. The molecule has 1 aromatic carbocycles. The van der Waals surface area contributed by atoms with E-state index in [1.165, 1.54) is 6.92 Å². The second kappa shape index (κ2) is 7.41. The summed E-state index contributed by atoms with van der Waals surface area (Å²) in [5.74, 6) is -1.06. The van der Waals surface area contributed by atoms with Crippen LogP contribution in [0, 0.1) is 0 Å². The topological polar surface area (TPSA) is 63.2 Å². The van der Waals surface area contributed by atoms with Gasteiger partial charge in [0.1, 0.15) is 24.4 Å². The molecule has 5 atom stereocenters. The molecule has 2 aliphatic rings. The first-order valence-corrected chi connectivity index (χ1v) is 8.73. The minimum absolute atomic E-state index is 0.337. The SMILES string of the molecule is CCC(OC(C)=O)[C@H]1O[C@@H]2OC(C)(C)OC2C1OCc1ccccc1. The molecule has 0 bridgehead atoms. The molecule has 2 heterocycles. The number of hydrogen-bond acceptors (Lipinski definition) is 6. The standard InChI is InChI=1S/C19H26O6/c1-5-14(22-12(2)20)15-16(21-11-13-9-7-6-8-10-13)17-18(23-15)25-19(3,4)24-17/h6-10,14-18H,5,11H2,1-4H3/t14?,15-,16?,17?,18-/m1/s1. The molecule has 3 rings (SSSR count). The van der Waals surface area contributed by atoms with E-state index in [4.69, 9.17) is 23.7 Å². The van der Waals surface area contributed by atoms with Crippen LogP contribution in [0.5, 0.6) is 0 Å². The van der Waals surface area contributed by atoms with E-state index in [1.54, 1.807) is 0 Å². The zero-order valence-electron chi connectivity index (χ0n) is 15.1. The fraction of sp³-hybridized carbons (Fsp3) is 0.632. The fourth-order valence-corrected chi connectivity index (χ4v) is 3.36. The molecule has 0 aliphatic carbocycles. The first-order chi connectivity index (χ1) is 11.9. The molecule has 6 nitrogen and oxygen atoms in total. The largest absolute Gasteiger partial charge is 0.460 e. The molecular formula is C19H26O6. The van der Waals surface area contributed by atoms with Gasteiger partial charge in [-0.1, -0.05) is 37.3 Å². The van der Waals surface area contributed by atoms with Gasteiger partial charge in [0.2, 0.25) is 0 Å². The van der Waals surface area contributed by atoms with Gasteiger partial charge in [-0.3, -0.25) is 4.79 Å². The molecule has 0 N–H and O–H groups in total. The minimum atomic E-state index is -0.724. The summed E-state index contributed by atoms with van der Waals surface area (Å²) in [5.41, 5.74) is 1.06. The second-order valence-corrected chi connectivity index (χ2v) is 6.89. The van der Waals surface area contributed by atoms with Gasteiger partial charge in [0.05, 0.1) is 6.61 Å². The van der Waals surface area contributed by atoms with Gasteiger partial charge in [0.25, 0.3) is 0 Å². The maximum Gasteiger partial charge on any atom is 0.302 e. The highest BCUT2D eigenvalue weighted by Crippen LogP contribution is 2.40. The van der Waals surface area contributed by atoms with E-state index in [-0.39, 0.29) is 18.2 Å². The molecule has 138 valence electrons.